The van der Waals surface area contributed by atoms with Crippen LogP contribution in [-0.2, 0) is 6.42 Å². The lowest BCUT2D eigenvalue weighted by Crippen LogP contribution is -1.94. The predicted octanol–water partition coefficient (Wildman–Crippen LogP) is 16.1. The summed E-state index contributed by atoms with van der Waals surface area (Å²) >= 11 is 0. The molecule has 5 nitrogen and oxygen atoms in total. The lowest BCUT2D eigenvalue weighted by molar-refractivity contribution is 0.607. The first-order valence-corrected chi connectivity index (χ1v) is 22.0. The fourth-order valence-corrected chi connectivity index (χ4v) is 10.1. The SMILES string of the molecule is CCCCCCCCc1ccc2c(c1)c1ccccc1n2-c1ccc2oc3ccc(-c4ccc5oc6ccc(-n7c8ccccc8c8cc(C#N)ccc87)cc6c5c4)cc3c2c1. The highest BCUT2D eigenvalue weighted by Gasteiger charge is 2.18. The zero-order valence-corrected chi connectivity index (χ0v) is 34.6. The van der Waals surface area contributed by atoms with Crippen molar-refractivity contribution in [3.63, 3.8) is 0 Å². The van der Waals surface area contributed by atoms with Crippen LogP contribution in [0.25, 0.3) is 110 Å². The molecule has 0 unspecified atom stereocenters. The van der Waals surface area contributed by atoms with Crippen molar-refractivity contribution in [1.82, 2.24) is 9.13 Å². The highest BCUT2D eigenvalue weighted by molar-refractivity contribution is 6.13. The monoisotopic (exact) mass is 801 g/mol. The van der Waals surface area contributed by atoms with Gasteiger partial charge in [0.05, 0.1) is 33.7 Å². The summed E-state index contributed by atoms with van der Waals surface area (Å²) in [5, 5.41) is 18.7. The molecule has 0 N–H and O–H groups in total. The molecule has 0 saturated heterocycles. The van der Waals surface area contributed by atoms with E-state index in [1.807, 2.05) is 12.1 Å². The molecule has 298 valence electrons. The van der Waals surface area contributed by atoms with Gasteiger partial charge in [0.1, 0.15) is 22.3 Å². The van der Waals surface area contributed by atoms with E-state index in [9.17, 15) is 5.26 Å². The van der Waals surface area contributed by atoms with Crippen molar-refractivity contribution in [2.45, 2.75) is 51.9 Å². The molecule has 0 aliphatic rings. The number of nitriles is 1. The van der Waals surface area contributed by atoms with Crippen molar-refractivity contribution in [3.05, 3.63) is 169 Å². The molecule has 0 saturated carbocycles. The zero-order valence-electron chi connectivity index (χ0n) is 34.6. The molecule has 12 aromatic rings. The van der Waals surface area contributed by atoms with E-state index in [0.717, 1.165) is 94.6 Å². The quantitative estimate of drug-likeness (QED) is 0.129. The minimum absolute atomic E-state index is 0.654. The Kier molecular flexibility index (Phi) is 8.54. The van der Waals surface area contributed by atoms with Crippen molar-refractivity contribution >= 4 is 87.5 Å². The minimum atomic E-state index is 0.654. The van der Waals surface area contributed by atoms with Gasteiger partial charge in [-0.05, 0) is 133 Å². The Hall–Kier alpha value is -7.55. The van der Waals surface area contributed by atoms with Gasteiger partial charge >= 0.3 is 0 Å². The average molecular weight is 802 g/mol. The standard InChI is InChI=1S/C57H43N3O2/c1-2-3-4-5-6-7-12-36-17-23-52-44(29-36)42-13-8-10-15-50(42)59(52)40-21-27-56-48(33-40)46-31-38(19-25-54(46)61-56)39-20-26-55-47(32-39)49-34-41(22-28-57(49)62-55)60-51-16-11-9-14-43(51)45-30-37(35-58)18-24-53(45)60/h8-11,13-34H,2-7,12H2,1H3. The summed E-state index contributed by atoms with van der Waals surface area (Å²) in [7, 11) is 0. The van der Waals surface area contributed by atoms with Crippen LogP contribution < -0.4 is 0 Å². The summed E-state index contributed by atoms with van der Waals surface area (Å²) in [6.45, 7) is 2.28. The van der Waals surface area contributed by atoms with Crippen molar-refractivity contribution < 1.29 is 8.83 Å². The summed E-state index contributed by atoms with van der Waals surface area (Å²) < 4.78 is 17.6. The van der Waals surface area contributed by atoms with Gasteiger partial charge in [-0.25, -0.2) is 0 Å². The number of para-hydroxylation sites is 2. The maximum Gasteiger partial charge on any atom is 0.135 e. The Balaban J connectivity index is 0.931. The molecule has 0 aliphatic heterocycles. The molecule has 5 heteroatoms. The van der Waals surface area contributed by atoms with Crippen LogP contribution in [-0.4, -0.2) is 9.13 Å². The van der Waals surface area contributed by atoms with Gasteiger partial charge in [0, 0.05) is 54.5 Å². The van der Waals surface area contributed by atoms with E-state index in [4.69, 9.17) is 8.83 Å². The lowest BCUT2D eigenvalue weighted by atomic mass is 10.0. The molecule has 0 aliphatic carbocycles. The van der Waals surface area contributed by atoms with Crippen molar-refractivity contribution in [1.29, 1.82) is 5.26 Å². The van der Waals surface area contributed by atoms with Gasteiger partial charge in [-0.15, -0.1) is 0 Å². The number of nitrogens with zero attached hydrogens (tertiary/aromatic N) is 3. The molecule has 12 rings (SSSR count). The van der Waals surface area contributed by atoms with Crippen LogP contribution in [0.15, 0.2) is 167 Å². The van der Waals surface area contributed by atoms with Gasteiger partial charge in [0.25, 0.3) is 0 Å². The molecular weight excluding hydrogens is 759 g/mol. The summed E-state index contributed by atoms with van der Waals surface area (Å²) in [4.78, 5) is 0. The van der Waals surface area contributed by atoms with Gasteiger partial charge < -0.3 is 18.0 Å². The van der Waals surface area contributed by atoms with E-state index < -0.39 is 0 Å². The maximum absolute atomic E-state index is 9.66. The van der Waals surface area contributed by atoms with Crippen molar-refractivity contribution in [2.75, 3.05) is 0 Å². The molecule has 4 heterocycles. The number of aromatic nitrogens is 2. The second-order valence-corrected chi connectivity index (χ2v) is 16.9. The molecule has 0 fully saturated rings. The summed E-state index contributed by atoms with van der Waals surface area (Å²) in [6.07, 6.45) is 8.97. The third-order valence-electron chi connectivity index (χ3n) is 13.1. The van der Waals surface area contributed by atoms with Crippen LogP contribution in [0.2, 0.25) is 0 Å². The Morgan fingerprint density at radius 3 is 1.48 bits per heavy atom. The van der Waals surface area contributed by atoms with Crippen LogP contribution in [0.5, 0.6) is 0 Å². The molecule has 0 bridgehead atoms. The van der Waals surface area contributed by atoms with Gasteiger partial charge in [0.15, 0.2) is 0 Å². The van der Waals surface area contributed by atoms with E-state index in [0.29, 0.717) is 5.56 Å². The number of fused-ring (bicyclic) bond motifs is 12. The van der Waals surface area contributed by atoms with Gasteiger partial charge in [-0.1, -0.05) is 93.6 Å². The topological polar surface area (TPSA) is 59.9 Å². The largest absolute Gasteiger partial charge is 0.456 e. The van der Waals surface area contributed by atoms with Crippen LogP contribution in [0, 0.1) is 11.3 Å². The van der Waals surface area contributed by atoms with Gasteiger partial charge in [0.2, 0.25) is 0 Å². The number of hydrogen-bond acceptors (Lipinski definition) is 3. The third-order valence-corrected chi connectivity index (χ3v) is 13.1. The highest BCUT2D eigenvalue weighted by Crippen LogP contribution is 2.40. The van der Waals surface area contributed by atoms with Crippen LogP contribution in [0.3, 0.4) is 0 Å². The number of hydrogen-bond donors (Lipinski definition) is 0. The zero-order chi connectivity index (χ0) is 41.3. The van der Waals surface area contributed by atoms with Crippen LogP contribution in [0.4, 0.5) is 0 Å². The molecule has 4 aromatic heterocycles. The molecule has 0 radical (unpaired) electrons. The van der Waals surface area contributed by atoms with Crippen LogP contribution in [0.1, 0.15) is 56.6 Å². The maximum atomic E-state index is 9.66. The summed E-state index contributed by atoms with van der Waals surface area (Å²) in [5.74, 6) is 0. The first-order chi connectivity index (χ1) is 30.6. The van der Waals surface area contributed by atoms with Crippen molar-refractivity contribution in [2.24, 2.45) is 0 Å². The summed E-state index contributed by atoms with van der Waals surface area (Å²) in [5.41, 5.74) is 14.5. The molecule has 62 heavy (non-hydrogen) atoms. The molecule has 0 spiro atoms. The number of furan rings is 2. The average Bonchev–Trinajstić information content (AvgIpc) is 4.06. The van der Waals surface area contributed by atoms with E-state index >= 15 is 0 Å². The Morgan fingerprint density at radius 1 is 0.419 bits per heavy atom. The molecule has 0 amide bonds. The first-order valence-electron chi connectivity index (χ1n) is 22.0. The van der Waals surface area contributed by atoms with Gasteiger partial charge in [-0.3, -0.25) is 0 Å². The van der Waals surface area contributed by atoms with Gasteiger partial charge in [-0.2, -0.15) is 5.26 Å². The molecular formula is C57H43N3O2. The second kappa shape index (κ2) is 14.6. The van der Waals surface area contributed by atoms with E-state index in [1.165, 1.54) is 65.9 Å². The Morgan fingerprint density at radius 2 is 0.903 bits per heavy atom. The number of rotatable bonds is 10. The minimum Gasteiger partial charge on any atom is -0.456 e. The summed E-state index contributed by atoms with van der Waals surface area (Å²) in [6, 6.07) is 58.6. The fourth-order valence-electron chi connectivity index (χ4n) is 10.1. The van der Waals surface area contributed by atoms with Crippen molar-refractivity contribution in [3.8, 4) is 28.6 Å². The fraction of sp³-hybridized carbons (Fsp3) is 0.140. The number of unbranched alkanes of at least 4 members (excludes halogenated alkanes) is 5. The van der Waals surface area contributed by atoms with E-state index in [-0.39, 0.29) is 0 Å². The number of aryl methyl sites for hydroxylation is 1. The predicted molar refractivity (Wildman–Crippen MR) is 257 cm³/mol. The second-order valence-electron chi connectivity index (χ2n) is 16.9. The first kappa shape index (κ1) is 36.3. The molecule has 8 aromatic carbocycles. The highest BCUT2D eigenvalue weighted by atomic mass is 16.3. The van der Waals surface area contributed by atoms with E-state index in [1.54, 1.807) is 0 Å². The van der Waals surface area contributed by atoms with Crippen LogP contribution >= 0.6 is 0 Å². The molecule has 0 atom stereocenters. The normalized spacial score (nSPS) is 12.1. The Labute approximate surface area is 358 Å². The number of benzene rings is 8. The Bertz CT molecular complexity index is 3770. The smallest absolute Gasteiger partial charge is 0.135 e. The lowest BCUT2D eigenvalue weighted by Gasteiger charge is -2.09. The third kappa shape index (κ3) is 5.82. The van der Waals surface area contributed by atoms with E-state index in [2.05, 4.69) is 168 Å².